The Labute approximate surface area is 108 Å². The maximum atomic E-state index is 10.4. The van der Waals surface area contributed by atoms with Gasteiger partial charge >= 0.3 is 0 Å². The topological polar surface area (TPSA) is 20.2 Å². The van der Waals surface area contributed by atoms with Gasteiger partial charge in [0.05, 0.1) is 6.10 Å². The van der Waals surface area contributed by atoms with Gasteiger partial charge in [-0.25, -0.2) is 0 Å². The average molecular weight is 251 g/mol. The van der Waals surface area contributed by atoms with E-state index in [0.29, 0.717) is 12.3 Å². The lowest BCUT2D eigenvalue weighted by Crippen LogP contribution is -2.27. The van der Waals surface area contributed by atoms with E-state index in [-0.39, 0.29) is 6.10 Å². The Bertz CT molecular complexity index is 404. The number of benzene rings is 1. The third-order valence-electron chi connectivity index (χ3n) is 4.67. The molecule has 0 spiro atoms. The maximum absolute atomic E-state index is 10.4. The lowest BCUT2D eigenvalue weighted by molar-refractivity contribution is 0.0751. The van der Waals surface area contributed by atoms with Crippen molar-refractivity contribution in [3.8, 4) is 0 Å². The van der Waals surface area contributed by atoms with Gasteiger partial charge in [0, 0.05) is 11.4 Å². The van der Waals surface area contributed by atoms with Crippen LogP contribution in [-0.4, -0.2) is 11.2 Å². The highest BCUT2D eigenvalue weighted by molar-refractivity contribution is 6.31. The molecule has 2 fully saturated rings. The molecular formula is C15H19ClO. The van der Waals surface area contributed by atoms with Gasteiger partial charge in [-0.3, -0.25) is 0 Å². The summed E-state index contributed by atoms with van der Waals surface area (Å²) in [6, 6.07) is 7.87. The van der Waals surface area contributed by atoms with Crippen LogP contribution in [0.3, 0.4) is 0 Å². The van der Waals surface area contributed by atoms with Gasteiger partial charge < -0.3 is 5.11 Å². The fourth-order valence-electron chi connectivity index (χ4n) is 3.81. The Balaban J connectivity index is 1.68. The molecule has 17 heavy (non-hydrogen) atoms. The predicted octanol–water partition coefficient (Wildman–Crippen LogP) is 3.68. The first-order valence-corrected chi connectivity index (χ1v) is 7.03. The molecule has 1 aromatic carbocycles. The van der Waals surface area contributed by atoms with Crippen molar-refractivity contribution in [1.29, 1.82) is 0 Å². The van der Waals surface area contributed by atoms with Gasteiger partial charge in [-0.05, 0) is 48.6 Å². The summed E-state index contributed by atoms with van der Waals surface area (Å²) >= 11 is 6.14. The second-order valence-corrected chi connectivity index (χ2v) is 6.11. The van der Waals surface area contributed by atoms with E-state index in [1.165, 1.54) is 25.7 Å². The van der Waals surface area contributed by atoms with E-state index in [0.717, 1.165) is 22.4 Å². The van der Waals surface area contributed by atoms with Crippen LogP contribution in [0.4, 0.5) is 0 Å². The zero-order chi connectivity index (χ0) is 11.8. The highest BCUT2D eigenvalue weighted by atomic mass is 35.5. The van der Waals surface area contributed by atoms with Crippen molar-refractivity contribution in [2.75, 3.05) is 0 Å². The number of hydrogen-bond acceptors (Lipinski definition) is 1. The summed E-state index contributed by atoms with van der Waals surface area (Å²) in [4.78, 5) is 0. The van der Waals surface area contributed by atoms with E-state index in [4.69, 9.17) is 11.6 Å². The summed E-state index contributed by atoms with van der Waals surface area (Å²) in [6.45, 7) is 0. The van der Waals surface area contributed by atoms with Crippen molar-refractivity contribution in [2.45, 2.75) is 38.2 Å². The zero-order valence-corrected chi connectivity index (χ0v) is 10.7. The van der Waals surface area contributed by atoms with Crippen LogP contribution in [0.1, 0.15) is 31.2 Å². The third kappa shape index (κ3) is 2.23. The van der Waals surface area contributed by atoms with Crippen molar-refractivity contribution < 1.29 is 5.11 Å². The van der Waals surface area contributed by atoms with Gasteiger partial charge in [0.15, 0.2) is 0 Å². The van der Waals surface area contributed by atoms with Crippen LogP contribution in [-0.2, 0) is 6.42 Å². The molecule has 92 valence electrons. The molecule has 2 heteroatoms. The number of rotatable bonds is 3. The van der Waals surface area contributed by atoms with Gasteiger partial charge in [-0.1, -0.05) is 36.2 Å². The third-order valence-corrected chi connectivity index (χ3v) is 5.04. The van der Waals surface area contributed by atoms with Crippen LogP contribution in [0, 0.1) is 17.8 Å². The Kier molecular flexibility index (Phi) is 3.14. The SMILES string of the molecule is OC(Cc1ccccc1Cl)C1CC2CCC1C2. The molecule has 1 nitrogen and oxygen atoms in total. The number of fused-ring (bicyclic) bond motifs is 2. The van der Waals surface area contributed by atoms with Crippen LogP contribution in [0.25, 0.3) is 0 Å². The predicted molar refractivity (Wildman–Crippen MR) is 70.1 cm³/mol. The first-order valence-electron chi connectivity index (χ1n) is 6.65. The summed E-state index contributed by atoms with van der Waals surface area (Å²) in [5, 5.41) is 11.2. The fraction of sp³-hybridized carbons (Fsp3) is 0.600. The summed E-state index contributed by atoms with van der Waals surface area (Å²) in [5.74, 6) is 2.19. The van der Waals surface area contributed by atoms with Gasteiger partial charge in [0.2, 0.25) is 0 Å². The fourth-order valence-corrected chi connectivity index (χ4v) is 4.02. The molecule has 0 radical (unpaired) electrons. The van der Waals surface area contributed by atoms with E-state index in [9.17, 15) is 5.11 Å². The molecule has 4 atom stereocenters. The minimum absolute atomic E-state index is 0.204. The van der Waals surface area contributed by atoms with Crippen molar-refractivity contribution in [3.05, 3.63) is 34.9 Å². The molecule has 0 amide bonds. The first kappa shape index (κ1) is 11.6. The van der Waals surface area contributed by atoms with Gasteiger partial charge in [0.25, 0.3) is 0 Å². The lowest BCUT2D eigenvalue weighted by atomic mass is 9.82. The Morgan fingerprint density at radius 3 is 2.71 bits per heavy atom. The highest BCUT2D eigenvalue weighted by Gasteiger charge is 2.42. The summed E-state index contributed by atoms with van der Waals surface area (Å²) in [6.07, 6.45) is 5.81. The van der Waals surface area contributed by atoms with Crippen LogP contribution >= 0.6 is 11.6 Å². The van der Waals surface area contributed by atoms with Crippen LogP contribution in [0.15, 0.2) is 24.3 Å². The second kappa shape index (κ2) is 4.62. The maximum Gasteiger partial charge on any atom is 0.0611 e. The van der Waals surface area contributed by atoms with E-state index >= 15 is 0 Å². The molecule has 0 aromatic heterocycles. The van der Waals surface area contributed by atoms with E-state index in [1.807, 2.05) is 24.3 Å². The lowest BCUT2D eigenvalue weighted by Gasteiger charge is -2.27. The van der Waals surface area contributed by atoms with Crippen molar-refractivity contribution in [2.24, 2.45) is 17.8 Å². The molecule has 0 aliphatic heterocycles. The van der Waals surface area contributed by atoms with Gasteiger partial charge in [-0.2, -0.15) is 0 Å². The smallest absolute Gasteiger partial charge is 0.0611 e. The molecule has 1 N–H and O–H groups in total. The summed E-state index contributed by atoms with van der Waals surface area (Å²) < 4.78 is 0. The molecule has 2 bridgehead atoms. The van der Waals surface area contributed by atoms with Crippen LogP contribution in [0.5, 0.6) is 0 Å². The minimum atomic E-state index is -0.204. The number of aliphatic hydroxyl groups excluding tert-OH is 1. The normalized spacial score (nSPS) is 32.9. The molecular weight excluding hydrogens is 232 g/mol. The highest BCUT2D eigenvalue weighted by Crippen LogP contribution is 2.49. The Hall–Kier alpha value is -0.530. The molecule has 0 saturated heterocycles. The molecule has 3 rings (SSSR count). The largest absolute Gasteiger partial charge is 0.392 e. The van der Waals surface area contributed by atoms with Crippen molar-refractivity contribution in [1.82, 2.24) is 0 Å². The van der Waals surface area contributed by atoms with E-state index < -0.39 is 0 Å². The Morgan fingerprint density at radius 2 is 2.06 bits per heavy atom. The quantitative estimate of drug-likeness (QED) is 0.868. The van der Waals surface area contributed by atoms with Gasteiger partial charge in [0.1, 0.15) is 0 Å². The molecule has 2 aliphatic rings. The molecule has 1 aromatic rings. The molecule has 2 saturated carbocycles. The number of halogens is 1. The molecule has 4 unspecified atom stereocenters. The Morgan fingerprint density at radius 1 is 1.24 bits per heavy atom. The minimum Gasteiger partial charge on any atom is -0.392 e. The van der Waals surface area contributed by atoms with Gasteiger partial charge in [-0.15, -0.1) is 0 Å². The first-order chi connectivity index (χ1) is 8.24. The van der Waals surface area contributed by atoms with Crippen LogP contribution < -0.4 is 0 Å². The monoisotopic (exact) mass is 250 g/mol. The number of hydrogen-bond donors (Lipinski definition) is 1. The molecule has 2 aliphatic carbocycles. The standard InChI is InChI=1S/C15H19ClO/c16-14-4-2-1-3-12(14)9-15(17)13-8-10-5-6-11(13)7-10/h1-4,10-11,13,15,17H,5-9H2. The van der Waals surface area contributed by atoms with E-state index in [1.54, 1.807) is 0 Å². The zero-order valence-electron chi connectivity index (χ0n) is 9.98. The van der Waals surface area contributed by atoms with Crippen molar-refractivity contribution in [3.63, 3.8) is 0 Å². The van der Waals surface area contributed by atoms with Crippen molar-refractivity contribution >= 4 is 11.6 Å². The summed E-state index contributed by atoms with van der Waals surface area (Å²) in [7, 11) is 0. The second-order valence-electron chi connectivity index (χ2n) is 5.70. The average Bonchev–Trinajstić information content (AvgIpc) is 2.94. The number of aliphatic hydroxyl groups is 1. The molecule has 0 heterocycles. The van der Waals surface area contributed by atoms with Crippen LogP contribution in [0.2, 0.25) is 5.02 Å². The summed E-state index contributed by atoms with van der Waals surface area (Å²) in [5.41, 5.74) is 1.09. The van der Waals surface area contributed by atoms with E-state index in [2.05, 4.69) is 0 Å².